The highest BCUT2D eigenvalue weighted by molar-refractivity contribution is 7.89. The summed E-state index contributed by atoms with van der Waals surface area (Å²) in [6.07, 6.45) is 3.58. The van der Waals surface area contributed by atoms with Gasteiger partial charge in [-0.25, -0.2) is 13.8 Å². The van der Waals surface area contributed by atoms with E-state index in [-0.39, 0.29) is 31.3 Å². The summed E-state index contributed by atoms with van der Waals surface area (Å²) >= 11 is 0. The number of amides is 2. The molecule has 144 valence electrons. The van der Waals surface area contributed by atoms with Crippen LogP contribution >= 0.6 is 0 Å². The number of hydrogen-bond acceptors (Lipinski definition) is 5. The van der Waals surface area contributed by atoms with Gasteiger partial charge in [0.1, 0.15) is 5.71 Å². The van der Waals surface area contributed by atoms with Crippen LogP contribution < -0.4 is 5.43 Å². The van der Waals surface area contributed by atoms with Gasteiger partial charge in [0.05, 0.1) is 4.90 Å². The van der Waals surface area contributed by atoms with Crippen LogP contribution in [0.5, 0.6) is 0 Å². The molecule has 1 aliphatic carbocycles. The van der Waals surface area contributed by atoms with E-state index in [1.165, 1.54) is 9.87 Å². The second-order valence-electron chi connectivity index (χ2n) is 7.07. The van der Waals surface area contributed by atoms with Crippen LogP contribution in [0, 0.1) is 0 Å². The number of hydrazone groups is 1. The van der Waals surface area contributed by atoms with Gasteiger partial charge in [-0.1, -0.05) is 6.07 Å². The van der Waals surface area contributed by atoms with Crippen molar-refractivity contribution >= 4 is 27.5 Å². The quantitative estimate of drug-likeness (QED) is 0.801. The number of hydrogen-bond donors (Lipinski definition) is 1. The van der Waals surface area contributed by atoms with Gasteiger partial charge in [0, 0.05) is 39.0 Å². The smallest absolute Gasteiger partial charge is 0.270 e. The summed E-state index contributed by atoms with van der Waals surface area (Å²) in [4.78, 5) is 25.6. The maximum atomic E-state index is 13.0. The number of carbonyl (C=O) groups excluding carboxylic acids is 2. The Labute approximate surface area is 158 Å². The molecule has 9 heteroatoms. The normalized spacial score (nSPS) is 20.8. The van der Waals surface area contributed by atoms with Crippen molar-refractivity contribution in [1.82, 2.24) is 14.6 Å². The fourth-order valence-corrected chi connectivity index (χ4v) is 5.27. The van der Waals surface area contributed by atoms with Gasteiger partial charge in [-0.2, -0.15) is 9.41 Å². The Hall–Kier alpha value is -2.26. The van der Waals surface area contributed by atoms with E-state index < -0.39 is 10.0 Å². The topological polar surface area (TPSA) is 99.2 Å². The van der Waals surface area contributed by atoms with Crippen LogP contribution in [0.4, 0.5) is 0 Å². The van der Waals surface area contributed by atoms with Gasteiger partial charge in [0.25, 0.3) is 5.91 Å². The van der Waals surface area contributed by atoms with Crippen LogP contribution in [-0.2, 0) is 32.5 Å². The molecule has 1 saturated heterocycles. The van der Waals surface area contributed by atoms with Crippen molar-refractivity contribution < 1.29 is 18.0 Å². The monoisotopic (exact) mass is 390 g/mol. The maximum Gasteiger partial charge on any atom is 0.270 e. The van der Waals surface area contributed by atoms with E-state index in [0.717, 1.165) is 24.8 Å². The Bertz CT molecular complexity index is 917. The minimum absolute atomic E-state index is 0.197. The molecule has 2 amide bonds. The number of rotatable bonds is 3. The van der Waals surface area contributed by atoms with Crippen LogP contribution in [0.3, 0.4) is 0 Å². The van der Waals surface area contributed by atoms with Crippen molar-refractivity contribution in [2.75, 3.05) is 26.2 Å². The number of piperazine rings is 1. The van der Waals surface area contributed by atoms with Crippen LogP contribution in [0.15, 0.2) is 28.2 Å². The van der Waals surface area contributed by atoms with Crippen molar-refractivity contribution in [3.63, 3.8) is 0 Å². The zero-order valence-corrected chi connectivity index (χ0v) is 15.8. The highest BCUT2D eigenvalue weighted by atomic mass is 32.2. The molecule has 4 rings (SSSR count). The first-order valence-corrected chi connectivity index (χ1v) is 10.7. The van der Waals surface area contributed by atoms with E-state index >= 15 is 0 Å². The average molecular weight is 390 g/mol. The molecule has 2 heterocycles. The predicted octanol–water partition coefficient (Wildman–Crippen LogP) is 0.274. The minimum Gasteiger partial charge on any atom is -0.335 e. The lowest BCUT2D eigenvalue weighted by Crippen LogP contribution is -2.52. The number of fused-ring (bicyclic) bond motifs is 1. The lowest BCUT2D eigenvalue weighted by molar-refractivity contribution is -0.125. The standard InChI is InChI=1S/C18H22N4O4S/c23-17-7-6-16(19-20-17)18(24)21-8-10-22(11-9-21)27(25,26)15-5-4-13-2-1-3-14(13)12-15/h4-5,12H,1-3,6-11H2,(H,20,23). The second-order valence-corrected chi connectivity index (χ2v) is 9.01. The number of aryl methyl sites for hydroxylation is 2. The van der Waals surface area contributed by atoms with Crippen molar-refractivity contribution in [3.05, 3.63) is 29.3 Å². The largest absolute Gasteiger partial charge is 0.335 e. The molecule has 1 N–H and O–H groups in total. The summed E-state index contributed by atoms with van der Waals surface area (Å²) in [5, 5.41) is 3.83. The first-order valence-electron chi connectivity index (χ1n) is 9.22. The Balaban J connectivity index is 1.42. The van der Waals surface area contributed by atoms with Crippen LogP contribution in [-0.4, -0.2) is 61.3 Å². The average Bonchev–Trinajstić information content (AvgIpc) is 3.16. The third kappa shape index (κ3) is 3.49. The molecule has 27 heavy (non-hydrogen) atoms. The molecule has 1 aromatic carbocycles. The van der Waals surface area contributed by atoms with Gasteiger partial charge in [0.2, 0.25) is 15.9 Å². The summed E-state index contributed by atoms with van der Waals surface area (Å²) in [5.41, 5.74) is 5.01. The lowest BCUT2D eigenvalue weighted by Gasteiger charge is -2.34. The Morgan fingerprint density at radius 1 is 1.00 bits per heavy atom. The van der Waals surface area contributed by atoms with Crippen LogP contribution in [0.2, 0.25) is 0 Å². The van der Waals surface area contributed by atoms with Gasteiger partial charge < -0.3 is 4.90 Å². The lowest BCUT2D eigenvalue weighted by atomic mass is 10.1. The van der Waals surface area contributed by atoms with Crippen molar-refractivity contribution in [3.8, 4) is 0 Å². The first-order chi connectivity index (χ1) is 12.9. The van der Waals surface area contributed by atoms with E-state index in [2.05, 4.69) is 10.5 Å². The third-order valence-electron chi connectivity index (χ3n) is 5.38. The van der Waals surface area contributed by atoms with E-state index in [9.17, 15) is 18.0 Å². The number of sulfonamides is 1. The highest BCUT2D eigenvalue weighted by Gasteiger charge is 2.32. The SMILES string of the molecule is O=C1CCC(C(=O)N2CCN(S(=O)(=O)c3ccc4c(c3)CCC4)CC2)=NN1. The van der Waals surface area contributed by atoms with E-state index in [1.54, 1.807) is 17.0 Å². The van der Waals surface area contributed by atoms with Gasteiger partial charge in [-0.15, -0.1) is 0 Å². The second kappa shape index (κ2) is 7.05. The summed E-state index contributed by atoms with van der Waals surface area (Å²) < 4.78 is 27.3. The zero-order valence-electron chi connectivity index (χ0n) is 15.0. The molecule has 1 fully saturated rings. The summed E-state index contributed by atoms with van der Waals surface area (Å²) in [7, 11) is -3.56. The number of nitrogens with one attached hydrogen (secondary N) is 1. The van der Waals surface area contributed by atoms with Gasteiger partial charge in [0.15, 0.2) is 0 Å². The highest BCUT2D eigenvalue weighted by Crippen LogP contribution is 2.26. The maximum absolute atomic E-state index is 13.0. The van der Waals surface area contributed by atoms with Crippen LogP contribution in [0.25, 0.3) is 0 Å². The molecule has 8 nitrogen and oxygen atoms in total. The zero-order chi connectivity index (χ0) is 19.0. The van der Waals surface area contributed by atoms with Crippen molar-refractivity contribution in [2.24, 2.45) is 5.10 Å². The molecule has 0 saturated carbocycles. The van der Waals surface area contributed by atoms with Crippen molar-refractivity contribution in [2.45, 2.75) is 37.0 Å². The fraction of sp³-hybridized carbons (Fsp3) is 0.500. The van der Waals surface area contributed by atoms with Crippen molar-refractivity contribution in [1.29, 1.82) is 0 Å². The molecule has 0 unspecified atom stereocenters. The molecule has 0 radical (unpaired) electrons. The first kappa shape index (κ1) is 18.1. The number of benzene rings is 1. The summed E-state index contributed by atoms with van der Waals surface area (Å²) in [6, 6.07) is 5.41. The Morgan fingerprint density at radius 3 is 2.44 bits per heavy atom. The van der Waals surface area contributed by atoms with E-state index in [4.69, 9.17) is 0 Å². The molecule has 0 bridgehead atoms. The van der Waals surface area contributed by atoms with E-state index in [0.29, 0.717) is 30.1 Å². The molecule has 1 aromatic rings. The Morgan fingerprint density at radius 2 is 1.74 bits per heavy atom. The summed E-state index contributed by atoms with van der Waals surface area (Å²) in [6.45, 7) is 1.14. The van der Waals surface area contributed by atoms with Gasteiger partial charge in [-0.3, -0.25) is 9.59 Å². The van der Waals surface area contributed by atoms with Gasteiger partial charge >= 0.3 is 0 Å². The predicted molar refractivity (Wildman–Crippen MR) is 98.6 cm³/mol. The number of carbonyl (C=O) groups is 2. The molecule has 3 aliphatic rings. The summed E-state index contributed by atoms with van der Waals surface area (Å²) in [5.74, 6) is -0.429. The molecular formula is C18H22N4O4S. The minimum atomic E-state index is -3.56. The fourth-order valence-electron chi connectivity index (χ4n) is 3.80. The third-order valence-corrected chi connectivity index (χ3v) is 7.28. The molecule has 0 spiro atoms. The molecule has 0 aromatic heterocycles. The molecular weight excluding hydrogens is 368 g/mol. The van der Waals surface area contributed by atoms with Gasteiger partial charge in [-0.05, 0) is 42.5 Å². The van der Waals surface area contributed by atoms with E-state index in [1.807, 2.05) is 6.07 Å². The number of nitrogens with zero attached hydrogens (tertiary/aromatic N) is 3. The van der Waals surface area contributed by atoms with Crippen LogP contribution in [0.1, 0.15) is 30.4 Å². The molecule has 0 atom stereocenters. The Kier molecular flexibility index (Phi) is 4.73. The molecule has 2 aliphatic heterocycles.